The molecular weight excluding hydrogens is 479 g/mol. The molecule has 1 aliphatic rings. The highest BCUT2D eigenvalue weighted by molar-refractivity contribution is 7.92. The van der Waals surface area contributed by atoms with Crippen LogP contribution in [0.2, 0.25) is 0 Å². The second-order valence-electron chi connectivity index (χ2n) is 7.83. The predicted molar refractivity (Wildman–Crippen MR) is 127 cm³/mol. The number of nitrogens with zero attached hydrogens (tertiary/aromatic N) is 1. The topological polar surface area (TPSA) is 88.2 Å². The van der Waals surface area contributed by atoms with E-state index in [1.165, 1.54) is 18.2 Å². The Balaban J connectivity index is 1.47. The van der Waals surface area contributed by atoms with E-state index in [-0.39, 0.29) is 16.2 Å². The van der Waals surface area contributed by atoms with Gasteiger partial charge in [0, 0.05) is 22.3 Å². The summed E-state index contributed by atoms with van der Waals surface area (Å²) >= 11 is 0. The van der Waals surface area contributed by atoms with Crippen LogP contribution in [0.25, 0.3) is 22.6 Å². The van der Waals surface area contributed by atoms with E-state index in [1.807, 2.05) is 30.3 Å². The predicted octanol–water partition coefficient (Wildman–Crippen LogP) is 5.55. The van der Waals surface area contributed by atoms with Crippen molar-refractivity contribution in [2.24, 2.45) is 0 Å². The molecule has 0 fully saturated rings. The van der Waals surface area contributed by atoms with Crippen LogP contribution < -0.4 is 10.0 Å². The van der Waals surface area contributed by atoms with E-state index < -0.39 is 27.7 Å². The fourth-order valence-corrected chi connectivity index (χ4v) is 4.81. The average Bonchev–Trinajstić information content (AvgIpc) is 3.13. The van der Waals surface area contributed by atoms with Crippen molar-refractivity contribution < 1.29 is 26.4 Å². The number of carbonyl (C=O) groups is 1. The van der Waals surface area contributed by atoms with Crippen LogP contribution in [-0.2, 0) is 21.0 Å². The number of pyridine rings is 1. The number of aromatic nitrogens is 1. The summed E-state index contributed by atoms with van der Waals surface area (Å²) < 4.78 is 66.4. The van der Waals surface area contributed by atoms with Gasteiger partial charge in [-0.15, -0.1) is 0 Å². The summed E-state index contributed by atoms with van der Waals surface area (Å²) in [5.74, 6) is -0.403. The van der Waals surface area contributed by atoms with Gasteiger partial charge in [0.25, 0.3) is 15.9 Å². The van der Waals surface area contributed by atoms with Gasteiger partial charge in [-0.1, -0.05) is 24.3 Å². The molecule has 0 saturated heterocycles. The first kappa shape index (κ1) is 22.6. The molecule has 4 aromatic rings. The molecule has 3 aromatic carbocycles. The minimum absolute atomic E-state index is 0.0242. The van der Waals surface area contributed by atoms with Gasteiger partial charge in [0.15, 0.2) is 0 Å². The van der Waals surface area contributed by atoms with E-state index in [1.54, 1.807) is 12.1 Å². The number of fused-ring (bicyclic) bond motifs is 2. The van der Waals surface area contributed by atoms with E-state index >= 15 is 0 Å². The van der Waals surface area contributed by atoms with Crippen LogP contribution in [0.3, 0.4) is 0 Å². The van der Waals surface area contributed by atoms with E-state index in [0.717, 1.165) is 35.2 Å². The lowest BCUT2D eigenvalue weighted by atomic mass is 10.1. The third-order valence-corrected chi connectivity index (χ3v) is 6.84. The largest absolute Gasteiger partial charge is 0.416 e. The highest BCUT2D eigenvalue weighted by Crippen LogP contribution is 2.35. The molecule has 35 heavy (non-hydrogen) atoms. The first-order chi connectivity index (χ1) is 16.6. The minimum atomic E-state index is -4.53. The summed E-state index contributed by atoms with van der Waals surface area (Å²) in [4.78, 5) is 17.0. The highest BCUT2D eigenvalue weighted by atomic mass is 32.2. The number of anilines is 2. The van der Waals surface area contributed by atoms with Crippen molar-refractivity contribution in [1.82, 2.24) is 4.98 Å². The first-order valence-corrected chi connectivity index (χ1v) is 11.8. The van der Waals surface area contributed by atoms with Gasteiger partial charge >= 0.3 is 6.18 Å². The van der Waals surface area contributed by atoms with E-state index in [4.69, 9.17) is 0 Å². The number of alkyl halides is 3. The molecule has 2 heterocycles. The van der Waals surface area contributed by atoms with Gasteiger partial charge in [-0.2, -0.15) is 13.2 Å². The van der Waals surface area contributed by atoms with Crippen LogP contribution in [-0.4, -0.2) is 19.3 Å². The third kappa shape index (κ3) is 4.47. The number of sulfonamides is 1. The number of benzene rings is 3. The molecule has 6 nitrogen and oxygen atoms in total. The second kappa shape index (κ2) is 8.24. The Hall–Kier alpha value is -4.18. The van der Waals surface area contributed by atoms with Gasteiger partial charge < -0.3 is 5.32 Å². The lowest BCUT2D eigenvalue weighted by molar-refractivity contribution is -0.137. The summed E-state index contributed by atoms with van der Waals surface area (Å²) in [5.41, 5.74) is 1.42. The number of halogens is 3. The molecule has 0 radical (unpaired) electrons. The summed E-state index contributed by atoms with van der Waals surface area (Å²) in [7, 11) is -4.14. The van der Waals surface area contributed by atoms with E-state index in [2.05, 4.69) is 15.0 Å². The van der Waals surface area contributed by atoms with Gasteiger partial charge in [-0.05, 0) is 60.7 Å². The molecule has 10 heteroatoms. The molecule has 1 aromatic heterocycles. The summed E-state index contributed by atoms with van der Waals surface area (Å²) in [6.07, 6.45) is -2.95. The number of hydrogen-bond acceptors (Lipinski definition) is 4. The molecule has 0 bridgehead atoms. The van der Waals surface area contributed by atoms with Gasteiger partial charge in [0.2, 0.25) is 0 Å². The number of nitrogens with one attached hydrogen (secondary N) is 2. The number of hydrogen-bond donors (Lipinski definition) is 2. The highest BCUT2D eigenvalue weighted by Gasteiger charge is 2.30. The zero-order valence-corrected chi connectivity index (χ0v) is 18.6. The van der Waals surface area contributed by atoms with Crippen LogP contribution >= 0.6 is 0 Å². The Morgan fingerprint density at radius 2 is 1.66 bits per heavy atom. The Kier molecular flexibility index (Phi) is 5.32. The van der Waals surface area contributed by atoms with Gasteiger partial charge in [0.05, 0.1) is 27.2 Å². The fourth-order valence-electron chi connectivity index (χ4n) is 3.73. The van der Waals surface area contributed by atoms with Crippen LogP contribution in [0.4, 0.5) is 24.5 Å². The standard InChI is InChI=1S/C25H16F3N3O3S/c26-25(27,28)16-6-9-17(10-7-16)31-35(33,34)19-11-12-23-20(14-19)21(24(32)30-23)13-18-8-5-15-3-1-2-4-22(15)29-18/h1-14,31H,(H,30,32). The lowest BCUT2D eigenvalue weighted by Crippen LogP contribution is -2.13. The average molecular weight is 495 g/mol. The third-order valence-electron chi connectivity index (χ3n) is 5.46. The minimum Gasteiger partial charge on any atom is -0.321 e. The van der Waals surface area contributed by atoms with Crippen LogP contribution in [0.5, 0.6) is 0 Å². The number of carbonyl (C=O) groups excluding carboxylic acids is 1. The molecule has 2 N–H and O–H groups in total. The van der Waals surface area contributed by atoms with Crippen molar-refractivity contribution in [3.63, 3.8) is 0 Å². The first-order valence-electron chi connectivity index (χ1n) is 10.3. The van der Waals surface area contributed by atoms with E-state index in [9.17, 15) is 26.4 Å². The van der Waals surface area contributed by atoms with Crippen LogP contribution in [0, 0.1) is 0 Å². The zero-order valence-electron chi connectivity index (χ0n) is 17.8. The van der Waals surface area contributed by atoms with Crippen molar-refractivity contribution >= 4 is 49.9 Å². The Morgan fingerprint density at radius 3 is 2.40 bits per heavy atom. The van der Waals surface area contributed by atoms with Crippen molar-refractivity contribution in [3.8, 4) is 0 Å². The number of rotatable bonds is 4. The lowest BCUT2D eigenvalue weighted by Gasteiger charge is -2.11. The molecular formula is C25H16F3N3O3S. The van der Waals surface area contributed by atoms with Gasteiger partial charge in [-0.3, -0.25) is 9.52 Å². The van der Waals surface area contributed by atoms with Crippen molar-refractivity contribution in [1.29, 1.82) is 0 Å². The van der Waals surface area contributed by atoms with Crippen LogP contribution in [0.15, 0.2) is 83.8 Å². The van der Waals surface area contributed by atoms with Crippen molar-refractivity contribution in [2.75, 3.05) is 10.0 Å². The zero-order chi connectivity index (χ0) is 24.8. The molecule has 5 rings (SSSR count). The summed E-state index contributed by atoms with van der Waals surface area (Å²) in [5, 5.41) is 3.64. The second-order valence-corrected chi connectivity index (χ2v) is 9.51. The van der Waals surface area contributed by atoms with Crippen molar-refractivity contribution in [3.05, 3.63) is 95.7 Å². The molecule has 0 aliphatic carbocycles. The number of amides is 1. The molecule has 0 spiro atoms. The van der Waals surface area contributed by atoms with Crippen LogP contribution in [0.1, 0.15) is 16.8 Å². The maximum absolute atomic E-state index is 12.9. The summed E-state index contributed by atoms with van der Waals surface area (Å²) in [6, 6.07) is 18.9. The van der Waals surface area contributed by atoms with Crippen molar-refractivity contribution in [2.45, 2.75) is 11.1 Å². The Morgan fingerprint density at radius 1 is 0.914 bits per heavy atom. The molecule has 1 amide bonds. The fraction of sp³-hybridized carbons (Fsp3) is 0.0400. The smallest absolute Gasteiger partial charge is 0.321 e. The quantitative estimate of drug-likeness (QED) is 0.364. The summed E-state index contributed by atoms with van der Waals surface area (Å²) in [6.45, 7) is 0. The molecule has 0 unspecified atom stereocenters. The molecule has 0 atom stereocenters. The molecule has 1 aliphatic heterocycles. The SMILES string of the molecule is O=C1Nc2ccc(S(=O)(=O)Nc3ccc(C(F)(F)F)cc3)cc2C1=Cc1ccc2ccccc2n1. The maximum Gasteiger partial charge on any atom is 0.416 e. The van der Waals surface area contributed by atoms with E-state index in [0.29, 0.717) is 16.9 Å². The van der Waals surface area contributed by atoms with Gasteiger partial charge in [0.1, 0.15) is 0 Å². The normalized spacial score (nSPS) is 14.7. The Labute approximate surface area is 198 Å². The molecule has 176 valence electrons. The Bertz CT molecular complexity index is 1610. The van der Waals surface area contributed by atoms with Gasteiger partial charge in [-0.25, -0.2) is 13.4 Å². The maximum atomic E-state index is 12.9. The monoisotopic (exact) mass is 495 g/mol. The number of para-hydroxylation sites is 1. The molecule has 0 saturated carbocycles.